The van der Waals surface area contributed by atoms with E-state index in [-0.39, 0.29) is 17.5 Å². The molecule has 1 aromatic carbocycles. The Morgan fingerprint density at radius 1 is 1.00 bits per heavy atom. The van der Waals surface area contributed by atoms with Crippen molar-refractivity contribution in [1.82, 2.24) is 29.4 Å². The number of hydrogen-bond acceptors (Lipinski definition) is 9. The Hall–Kier alpha value is -4.12. The summed E-state index contributed by atoms with van der Waals surface area (Å²) < 4.78 is 13.2. The van der Waals surface area contributed by atoms with Crippen LogP contribution in [0.2, 0.25) is 0 Å². The fourth-order valence-electron chi connectivity index (χ4n) is 5.00. The van der Waals surface area contributed by atoms with Crippen molar-refractivity contribution in [2.24, 2.45) is 0 Å². The molecule has 0 amide bonds. The van der Waals surface area contributed by atoms with Crippen LogP contribution in [0.3, 0.4) is 0 Å². The van der Waals surface area contributed by atoms with Gasteiger partial charge in [-0.15, -0.1) is 0 Å². The number of aromatic amines is 1. The fourth-order valence-corrected chi connectivity index (χ4v) is 5.00. The first-order valence-corrected chi connectivity index (χ1v) is 14.6. The van der Waals surface area contributed by atoms with E-state index >= 15 is 0 Å². The zero-order valence-corrected chi connectivity index (χ0v) is 24.0. The van der Waals surface area contributed by atoms with Crippen LogP contribution in [-0.2, 0) is 13.0 Å². The highest BCUT2D eigenvalue weighted by Gasteiger charge is 2.18. The maximum Gasteiger partial charge on any atom is 0.328 e. The van der Waals surface area contributed by atoms with Crippen molar-refractivity contribution in [2.75, 3.05) is 56.6 Å². The molecule has 11 heteroatoms. The number of imidazole rings is 1. The molecule has 4 heterocycles. The number of nitrogens with two attached hydrogens (primary N) is 1. The third-order valence-corrected chi connectivity index (χ3v) is 7.40. The summed E-state index contributed by atoms with van der Waals surface area (Å²) in [6.07, 6.45) is 5.77. The summed E-state index contributed by atoms with van der Waals surface area (Å²) in [6, 6.07) is 12.5. The Bertz CT molecular complexity index is 1480. The van der Waals surface area contributed by atoms with Gasteiger partial charge in [-0.05, 0) is 48.6 Å². The number of fused-ring (bicyclic) bond motifs is 1. The number of aryl methyl sites for hydroxylation is 1. The number of H-pyrrole nitrogens is 1. The van der Waals surface area contributed by atoms with Gasteiger partial charge in [0.1, 0.15) is 23.7 Å². The lowest BCUT2D eigenvalue weighted by molar-refractivity contribution is 0.218. The maximum atomic E-state index is 12.7. The Kier molecular flexibility index (Phi) is 9.35. The molecule has 0 aliphatic carbocycles. The molecule has 1 aliphatic rings. The number of pyridine rings is 1. The van der Waals surface area contributed by atoms with Crippen molar-refractivity contribution in [2.45, 2.75) is 46.1 Å². The van der Waals surface area contributed by atoms with Crippen LogP contribution in [0.5, 0.6) is 11.8 Å². The lowest BCUT2D eigenvalue weighted by atomic mass is 10.2. The largest absolute Gasteiger partial charge is 0.492 e. The van der Waals surface area contributed by atoms with Crippen LogP contribution in [0, 0.1) is 0 Å². The van der Waals surface area contributed by atoms with Gasteiger partial charge < -0.3 is 25.1 Å². The normalized spacial score (nSPS) is 14.3. The molecular weight excluding hydrogens is 520 g/mol. The first-order chi connectivity index (χ1) is 20.0. The molecule has 0 saturated carbocycles. The van der Waals surface area contributed by atoms with Crippen LogP contribution in [0.4, 0.5) is 11.6 Å². The molecule has 0 atom stereocenters. The van der Waals surface area contributed by atoms with Crippen molar-refractivity contribution in [3.63, 3.8) is 0 Å². The second-order valence-corrected chi connectivity index (χ2v) is 10.4. The zero-order chi connectivity index (χ0) is 28.6. The smallest absolute Gasteiger partial charge is 0.328 e. The zero-order valence-electron chi connectivity index (χ0n) is 24.0. The van der Waals surface area contributed by atoms with E-state index < -0.39 is 0 Å². The number of hydrogen-bond donors (Lipinski definition) is 2. The summed E-state index contributed by atoms with van der Waals surface area (Å²) in [5.41, 5.74) is 8.80. The van der Waals surface area contributed by atoms with E-state index in [1.54, 1.807) is 4.57 Å². The van der Waals surface area contributed by atoms with Gasteiger partial charge in [-0.3, -0.25) is 9.47 Å². The number of nitrogens with zero attached hydrogens (tertiary/aromatic N) is 6. The van der Waals surface area contributed by atoms with E-state index in [0.717, 1.165) is 75.5 Å². The summed E-state index contributed by atoms with van der Waals surface area (Å²) in [7, 11) is 0. The van der Waals surface area contributed by atoms with Crippen LogP contribution in [-0.4, -0.2) is 75.3 Å². The number of nitrogens with one attached hydrogen (secondary N) is 1. The lowest BCUT2D eigenvalue weighted by Gasteiger charge is -2.23. The van der Waals surface area contributed by atoms with Crippen LogP contribution in [0.25, 0.3) is 11.2 Å². The van der Waals surface area contributed by atoms with Gasteiger partial charge >= 0.3 is 11.7 Å². The highest BCUT2D eigenvalue weighted by Crippen LogP contribution is 2.20. The van der Waals surface area contributed by atoms with E-state index in [4.69, 9.17) is 20.2 Å². The van der Waals surface area contributed by atoms with Gasteiger partial charge in [-0.1, -0.05) is 38.5 Å². The van der Waals surface area contributed by atoms with Gasteiger partial charge in [0.25, 0.3) is 0 Å². The minimum atomic E-state index is -0.301. The number of ether oxygens (including phenoxy) is 2. The van der Waals surface area contributed by atoms with Gasteiger partial charge in [0.05, 0.1) is 13.2 Å². The highest BCUT2D eigenvalue weighted by atomic mass is 16.5. The molecule has 1 fully saturated rings. The predicted octanol–water partition coefficient (Wildman–Crippen LogP) is 3.48. The Labute approximate surface area is 240 Å². The molecule has 0 unspecified atom stereocenters. The molecule has 1 saturated heterocycles. The number of unbranched alkanes of at least 4 members (excludes halogenated alkanes) is 1. The summed E-state index contributed by atoms with van der Waals surface area (Å²) in [6.45, 7) is 10.5. The van der Waals surface area contributed by atoms with Crippen LogP contribution >= 0.6 is 0 Å². The molecule has 1 aliphatic heterocycles. The molecule has 0 radical (unpaired) electrons. The number of nitrogen functional groups attached to an aromatic ring is 1. The van der Waals surface area contributed by atoms with Gasteiger partial charge in [0, 0.05) is 38.9 Å². The molecule has 0 spiro atoms. The van der Waals surface area contributed by atoms with Crippen molar-refractivity contribution in [3.8, 4) is 11.8 Å². The van der Waals surface area contributed by atoms with Crippen molar-refractivity contribution in [3.05, 3.63) is 64.2 Å². The second kappa shape index (κ2) is 13.5. The van der Waals surface area contributed by atoms with Crippen LogP contribution in [0.1, 0.15) is 44.2 Å². The molecule has 3 N–H and O–H groups in total. The average molecular weight is 561 g/mol. The minimum Gasteiger partial charge on any atom is -0.492 e. The Balaban J connectivity index is 1.18. The van der Waals surface area contributed by atoms with Gasteiger partial charge in [0.2, 0.25) is 0 Å². The standard InChI is InChI=1S/C30H40N8O3/c1-3-5-17-41-29-34-27(31)26-28(35-29)38(30(39)33-26)21-23-10-11-25(32-20-23)37-13-7-12-36(14-15-37)16-18-40-24-9-6-8-22(4-2)19-24/h6,8-11,19-20H,3-5,7,12-18,21H2,1-2H3,(H,33,39)(H2,31,34,35). The number of anilines is 2. The molecule has 4 aromatic rings. The molecule has 11 nitrogen and oxygen atoms in total. The summed E-state index contributed by atoms with van der Waals surface area (Å²) in [5, 5.41) is 0. The predicted molar refractivity (Wildman–Crippen MR) is 161 cm³/mol. The molecule has 218 valence electrons. The van der Waals surface area contributed by atoms with Crippen molar-refractivity contribution >= 4 is 22.8 Å². The van der Waals surface area contributed by atoms with E-state index in [1.165, 1.54) is 5.56 Å². The van der Waals surface area contributed by atoms with E-state index in [9.17, 15) is 4.79 Å². The lowest BCUT2D eigenvalue weighted by Crippen LogP contribution is -2.33. The molecular formula is C30H40N8O3. The van der Waals surface area contributed by atoms with Gasteiger partial charge in [0.15, 0.2) is 11.5 Å². The first-order valence-electron chi connectivity index (χ1n) is 14.6. The number of rotatable bonds is 12. The minimum absolute atomic E-state index is 0.178. The quantitative estimate of drug-likeness (QED) is 0.250. The van der Waals surface area contributed by atoms with E-state index in [0.29, 0.717) is 30.9 Å². The summed E-state index contributed by atoms with van der Waals surface area (Å²) in [5.74, 6) is 2.07. The monoisotopic (exact) mass is 560 g/mol. The van der Waals surface area contributed by atoms with Gasteiger partial charge in [-0.2, -0.15) is 9.97 Å². The van der Waals surface area contributed by atoms with Crippen molar-refractivity contribution in [1.29, 1.82) is 0 Å². The third kappa shape index (κ3) is 7.15. The maximum absolute atomic E-state index is 12.7. The second-order valence-electron chi connectivity index (χ2n) is 10.4. The number of benzene rings is 1. The Morgan fingerprint density at radius 3 is 2.71 bits per heavy atom. The summed E-state index contributed by atoms with van der Waals surface area (Å²) >= 11 is 0. The SMILES string of the molecule is CCCCOc1nc(N)c2[nH]c(=O)n(Cc3ccc(N4CCCN(CCOc5cccc(CC)c5)CC4)nc3)c2n1. The first kappa shape index (κ1) is 28.4. The Morgan fingerprint density at radius 2 is 1.90 bits per heavy atom. The average Bonchev–Trinajstić information content (AvgIpc) is 3.14. The molecule has 0 bridgehead atoms. The van der Waals surface area contributed by atoms with Crippen LogP contribution in [0.15, 0.2) is 47.4 Å². The highest BCUT2D eigenvalue weighted by molar-refractivity contribution is 5.81. The number of aromatic nitrogens is 5. The topological polar surface area (TPSA) is 127 Å². The van der Waals surface area contributed by atoms with E-state index in [2.05, 4.69) is 56.8 Å². The molecule has 3 aromatic heterocycles. The third-order valence-electron chi connectivity index (χ3n) is 7.40. The van der Waals surface area contributed by atoms with E-state index in [1.807, 2.05) is 24.4 Å². The van der Waals surface area contributed by atoms with Gasteiger partial charge in [-0.25, -0.2) is 9.78 Å². The van der Waals surface area contributed by atoms with Crippen molar-refractivity contribution < 1.29 is 9.47 Å². The van der Waals surface area contributed by atoms with Crippen LogP contribution < -0.4 is 25.8 Å². The summed E-state index contributed by atoms with van der Waals surface area (Å²) in [4.78, 5) is 33.7. The molecule has 41 heavy (non-hydrogen) atoms. The molecule has 5 rings (SSSR count). The fraction of sp³-hybridized carbons (Fsp3) is 0.467.